The summed E-state index contributed by atoms with van der Waals surface area (Å²) < 4.78 is 10.5. The number of rotatable bonds is 5. The van der Waals surface area contributed by atoms with Gasteiger partial charge in [-0.1, -0.05) is 0 Å². The van der Waals surface area contributed by atoms with Crippen LogP contribution < -0.4 is 20.1 Å². The molecule has 2 rings (SSSR count). The molecule has 110 valence electrons. The molecule has 1 amide bonds. The van der Waals surface area contributed by atoms with Crippen molar-refractivity contribution in [3.05, 3.63) is 23.8 Å². The Hall–Kier alpha value is -1.75. The first-order valence-electron chi connectivity index (χ1n) is 6.94. The lowest BCUT2D eigenvalue weighted by molar-refractivity contribution is -0.125. The number of nitrogens with one attached hydrogen (secondary N) is 2. The molecule has 0 bridgehead atoms. The fourth-order valence-electron chi connectivity index (χ4n) is 2.42. The van der Waals surface area contributed by atoms with Crippen LogP contribution in [0.1, 0.15) is 18.4 Å². The maximum atomic E-state index is 12.1. The molecule has 1 aliphatic heterocycles. The number of hydrogen-bond donors (Lipinski definition) is 2. The lowest BCUT2D eigenvalue weighted by Gasteiger charge is -2.22. The molecule has 1 fully saturated rings. The first-order chi connectivity index (χ1) is 9.74. The number of piperidine rings is 1. The van der Waals surface area contributed by atoms with Crippen LogP contribution in [0.15, 0.2) is 18.2 Å². The van der Waals surface area contributed by atoms with Crippen LogP contribution in [0.4, 0.5) is 0 Å². The number of ether oxygens (including phenoxy) is 2. The monoisotopic (exact) mass is 278 g/mol. The summed E-state index contributed by atoms with van der Waals surface area (Å²) in [4.78, 5) is 12.1. The molecule has 1 aromatic rings. The highest BCUT2D eigenvalue weighted by Crippen LogP contribution is 2.23. The summed E-state index contributed by atoms with van der Waals surface area (Å²) in [6.45, 7) is 2.23. The third-order valence-corrected chi connectivity index (χ3v) is 3.61. The first-order valence-corrected chi connectivity index (χ1v) is 6.94. The molecule has 0 aromatic heterocycles. The van der Waals surface area contributed by atoms with Crippen molar-refractivity contribution >= 4 is 5.91 Å². The average Bonchev–Trinajstić information content (AvgIpc) is 2.53. The van der Waals surface area contributed by atoms with Gasteiger partial charge in [0.05, 0.1) is 20.1 Å². The number of carbonyl (C=O) groups excluding carboxylic acids is 1. The third-order valence-electron chi connectivity index (χ3n) is 3.61. The molecule has 2 N–H and O–H groups in total. The van der Waals surface area contributed by atoms with E-state index in [0.717, 1.165) is 43.0 Å². The van der Waals surface area contributed by atoms with E-state index in [1.807, 2.05) is 18.2 Å². The molecule has 0 aliphatic carbocycles. The van der Waals surface area contributed by atoms with E-state index in [-0.39, 0.29) is 11.8 Å². The third kappa shape index (κ3) is 3.63. The van der Waals surface area contributed by atoms with E-state index in [1.54, 1.807) is 14.2 Å². The molecule has 0 spiro atoms. The summed E-state index contributed by atoms with van der Waals surface area (Å²) in [5.41, 5.74) is 0.920. The van der Waals surface area contributed by atoms with Crippen molar-refractivity contribution in [3.8, 4) is 11.5 Å². The van der Waals surface area contributed by atoms with Gasteiger partial charge in [-0.15, -0.1) is 0 Å². The van der Waals surface area contributed by atoms with E-state index >= 15 is 0 Å². The van der Waals surface area contributed by atoms with E-state index in [0.29, 0.717) is 6.54 Å². The van der Waals surface area contributed by atoms with Gasteiger partial charge in [0.15, 0.2) is 0 Å². The number of amides is 1. The van der Waals surface area contributed by atoms with Gasteiger partial charge in [-0.25, -0.2) is 0 Å². The summed E-state index contributed by atoms with van der Waals surface area (Å²) >= 11 is 0. The van der Waals surface area contributed by atoms with Crippen molar-refractivity contribution in [2.75, 3.05) is 27.3 Å². The van der Waals surface area contributed by atoms with Crippen LogP contribution in [0.5, 0.6) is 11.5 Å². The Labute approximate surface area is 119 Å². The predicted octanol–water partition coefficient (Wildman–Crippen LogP) is 1.32. The summed E-state index contributed by atoms with van der Waals surface area (Å²) in [6.07, 6.45) is 2.01. The van der Waals surface area contributed by atoms with Crippen LogP contribution in [0.2, 0.25) is 0 Å². The average molecular weight is 278 g/mol. The molecule has 1 aliphatic rings. The zero-order valence-electron chi connectivity index (χ0n) is 12.1. The van der Waals surface area contributed by atoms with Crippen molar-refractivity contribution in [2.24, 2.45) is 5.92 Å². The molecular formula is C15H22N2O3. The second-order valence-electron chi connectivity index (χ2n) is 4.94. The normalized spacial score (nSPS) is 18.4. The molecule has 5 nitrogen and oxygen atoms in total. The summed E-state index contributed by atoms with van der Waals surface area (Å²) in [7, 11) is 3.25. The number of benzene rings is 1. The topological polar surface area (TPSA) is 59.6 Å². The van der Waals surface area contributed by atoms with Gasteiger partial charge in [0.2, 0.25) is 5.91 Å². The molecule has 1 heterocycles. The van der Waals surface area contributed by atoms with Crippen molar-refractivity contribution < 1.29 is 14.3 Å². The predicted molar refractivity (Wildman–Crippen MR) is 77.0 cm³/mol. The van der Waals surface area contributed by atoms with E-state index in [9.17, 15) is 4.79 Å². The SMILES string of the molecule is COc1ccc(OC)c(CNC(=O)[C@H]2CCCNC2)c1. The quantitative estimate of drug-likeness (QED) is 0.853. The van der Waals surface area contributed by atoms with Crippen molar-refractivity contribution in [1.82, 2.24) is 10.6 Å². The second-order valence-corrected chi connectivity index (χ2v) is 4.94. The van der Waals surface area contributed by atoms with Crippen LogP contribution in [0.3, 0.4) is 0 Å². The molecule has 1 saturated heterocycles. The second kappa shape index (κ2) is 7.14. The van der Waals surface area contributed by atoms with Crippen LogP contribution in [-0.2, 0) is 11.3 Å². The van der Waals surface area contributed by atoms with Crippen molar-refractivity contribution in [1.29, 1.82) is 0 Å². The van der Waals surface area contributed by atoms with Gasteiger partial charge >= 0.3 is 0 Å². The van der Waals surface area contributed by atoms with Crippen LogP contribution >= 0.6 is 0 Å². The van der Waals surface area contributed by atoms with Gasteiger partial charge in [-0.2, -0.15) is 0 Å². The molecule has 20 heavy (non-hydrogen) atoms. The number of methoxy groups -OCH3 is 2. The van der Waals surface area contributed by atoms with E-state index in [4.69, 9.17) is 9.47 Å². The lowest BCUT2D eigenvalue weighted by Crippen LogP contribution is -2.40. The summed E-state index contributed by atoms with van der Waals surface area (Å²) in [5.74, 6) is 1.68. The highest BCUT2D eigenvalue weighted by atomic mass is 16.5. The Morgan fingerprint density at radius 1 is 1.40 bits per heavy atom. The first kappa shape index (κ1) is 14.7. The Balaban J connectivity index is 1.96. The molecule has 0 unspecified atom stereocenters. The summed E-state index contributed by atoms with van der Waals surface area (Å²) in [6, 6.07) is 5.58. The molecule has 5 heteroatoms. The lowest BCUT2D eigenvalue weighted by atomic mass is 9.99. The minimum Gasteiger partial charge on any atom is -0.497 e. The fourth-order valence-corrected chi connectivity index (χ4v) is 2.42. The maximum Gasteiger partial charge on any atom is 0.224 e. The van der Waals surface area contributed by atoms with Crippen LogP contribution in [-0.4, -0.2) is 33.2 Å². The Morgan fingerprint density at radius 2 is 2.25 bits per heavy atom. The molecule has 1 aromatic carbocycles. The smallest absolute Gasteiger partial charge is 0.224 e. The molecular weight excluding hydrogens is 256 g/mol. The highest BCUT2D eigenvalue weighted by Gasteiger charge is 2.20. The molecule has 0 saturated carbocycles. The standard InChI is InChI=1S/C15H22N2O3/c1-19-13-5-6-14(20-2)12(8-13)10-17-15(18)11-4-3-7-16-9-11/h5-6,8,11,16H,3-4,7,9-10H2,1-2H3,(H,17,18)/t11-/m0/s1. The van der Waals surface area contributed by atoms with E-state index in [1.165, 1.54) is 0 Å². The van der Waals surface area contributed by atoms with Gasteiger partial charge in [-0.05, 0) is 37.6 Å². The van der Waals surface area contributed by atoms with Crippen molar-refractivity contribution in [2.45, 2.75) is 19.4 Å². The van der Waals surface area contributed by atoms with E-state index < -0.39 is 0 Å². The van der Waals surface area contributed by atoms with Gasteiger partial charge in [0.25, 0.3) is 0 Å². The number of hydrogen-bond acceptors (Lipinski definition) is 4. The zero-order valence-corrected chi connectivity index (χ0v) is 12.1. The van der Waals surface area contributed by atoms with E-state index in [2.05, 4.69) is 10.6 Å². The zero-order chi connectivity index (χ0) is 14.4. The number of carbonyl (C=O) groups is 1. The van der Waals surface area contributed by atoms with Crippen molar-refractivity contribution in [3.63, 3.8) is 0 Å². The largest absolute Gasteiger partial charge is 0.497 e. The van der Waals surface area contributed by atoms with Gasteiger partial charge < -0.3 is 20.1 Å². The Morgan fingerprint density at radius 3 is 2.90 bits per heavy atom. The fraction of sp³-hybridized carbons (Fsp3) is 0.533. The van der Waals surface area contributed by atoms with Gasteiger partial charge in [-0.3, -0.25) is 4.79 Å². The van der Waals surface area contributed by atoms with Crippen LogP contribution in [0.25, 0.3) is 0 Å². The molecule has 0 radical (unpaired) electrons. The Kier molecular flexibility index (Phi) is 5.24. The van der Waals surface area contributed by atoms with Gasteiger partial charge in [0, 0.05) is 18.7 Å². The molecule has 1 atom stereocenters. The van der Waals surface area contributed by atoms with Gasteiger partial charge in [0.1, 0.15) is 11.5 Å². The Bertz CT molecular complexity index is 456. The maximum absolute atomic E-state index is 12.1. The van der Waals surface area contributed by atoms with Crippen LogP contribution in [0, 0.1) is 5.92 Å². The summed E-state index contributed by atoms with van der Waals surface area (Å²) in [5, 5.41) is 6.23. The minimum atomic E-state index is 0.0698. The minimum absolute atomic E-state index is 0.0698. The highest BCUT2D eigenvalue weighted by molar-refractivity contribution is 5.79.